The molecule has 1 aromatic rings. The molecule has 5 nitrogen and oxygen atoms in total. The number of nitrogens with two attached hydrogens (primary N) is 1. The van der Waals surface area contributed by atoms with Gasteiger partial charge in [0.1, 0.15) is 5.38 Å². The summed E-state index contributed by atoms with van der Waals surface area (Å²) < 4.78 is 15.5. The van der Waals surface area contributed by atoms with E-state index < -0.39 is 11.3 Å². The minimum Gasteiger partial charge on any atom is -0.493 e. The highest BCUT2D eigenvalue weighted by molar-refractivity contribution is 6.30. The average Bonchev–Trinajstić information content (AvgIpc) is 2.35. The fourth-order valence-electron chi connectivity index (χ4n) is 1.48. The molecule has 1 aromatic carbocycles. The number of hydrogen-bond acceptors (Lipinski definition) is 4. The minimum atomic E-state index is -0.982. The van der Waals surface area contributed by atoms with E-state index >= 15 is 0 Å². The van der Waals surface area contributed by atoms with Crippen LogP contribution in [0.5, 0.6) is 17.2 Å². The van der Waals surface area contributed by atoms with E-state index in [1.807, 2.05) is 0 Å². The van der Waals surface area contributed by atoms with Crippen LogP contribution in [-0.2, 0) is 4.79 Å². The molecule has 94 valence electrons. The van der Waals surface area contributed by atoms with Gasteiger partial charge in [0.05, 0.1) is 21.3 Å². The lowest BCUT2D eigenvalue weighted by molar-refractivity contribution is -0.117. The predicted molar refractivity (Wildman–Crippen MR) is 63.9 cm³/mol. The van der Waals surface area contributed by atoms with Gasteiger partial charge in [-0.15, -0.1) is 11.6 Å². The van der Waals surface area contributed by atoms with Gasteiger partial charge in [-0.2, -0.15) is 0 Å². The third-order valence-corrected chi connectivity index (χ3v) is 2.71. The number of primary amides is 1. The second-order valence-electron chi connectivity index (χ2n) is 3.19. The van der Waals surface area contributed by atoms with Gasteiger partial charge < -0.3 is 19.9 Å². The number of carbonyl (C=O) groups is 1. The predicted octanol–water partition coefficient (Wildman–Crippen LogP) is 1.48. The largest absolute Gasteiger partial charge is 0.493 e. The van der Waals surface area contributed by atoms with Crippen LogP contribution >= 0.6 is 11.6 Å². The quantitative estimate of drug-likeness (QED) is 0.813. The van der Waals surface area contributed by atoms with Crippen LogP contribution in [0.1, 0.15) is 10.9 Å². The van der Waals surface area contributed by atoms with E-state index in [-0.39, 0.29) is 0 Å². The molecule has 0 aliphatic carbocycles. The summed E-state index contributed by atoms with van der Waals surface area (Å²) in [6, 6.07) is 3.25. The molecule has 0 aliphatic rings. The van der Waals surface area contributed by atoms with Crippen LogP contribution in [0, 0.1) is 0 Å². The molecule has 0 saturated carbocycles. The van der Waals surface area contributed by atoms with E-state index in [1.165, 1.54) is 21.3 Å². The van der Waals surface area contributed by atoms with Gasteiger partial charge in [0.2, 0.25) is 11.7 Å². The molecule has 0 aromatic heterocycles. The van der Waals surface area contributed by atoms with Crippen molar-refractivity contribution in [3.05, 3.63) is 17.7 Å². The van der Waals surface area contributed by atoms with Crippen molar-refractivity contribution in [2.45, 2.75) is 5.38 Å². The van der Waals surface area contributed by atoms with Gasteiger partial charge in [0, 0.05) is 5.56 Å². The van der Waals surface area contributed by atoms with Crippen molar-refractivity contribution in [3.8, 4) is 17.2 Å². The van der Waals surface area contributed by atoms with E-state index in [9.17, 15) is 4.79 Å². The molecule has 6 heteroatoms. The summed E-state index contributed by atoms with van der Waals surface area (Å²) in [5.74, 6) is 0.545. The second-order valence-corrected chi connectivity index (χ2v) is 3.62. The van der Waals surface area contributed by atoms with Crippen LogP contribution < -0.4 is 19.9 Å². The summed E-state index contributed by atoms with van der Waals surface area (Å²) >= 11 is 5.90. The van der Waals surface area contributed by atoms with E-state index in [2.05, 4.69) is 0 Å². The summed E-state index contributed by atoms with van der Waals surface area (Å²) in [4.78, 5) is 11.1. The number of rotatable bonds is 5. The topological polar surface area (TPSA) is 70.8 Å². The minimum absolute atomic E-state index is 0.339. The van der Waals surface area contributed by atoms with Gasteiger partial charge in [-0.25, -0.2) is 0 Å². The zero-order valence-electron chi connectivity index (χ0n) is 9.82. The third-order valence-electron chi connectivity index (χ3n) is 2.26. The normalized spacial score (nSPS) is 11.8. The Balaban J connectivity index is 3.37. The first-order valence-corrected chi connectivity index (χ1v) is 5.22. The number of benzene rings is 1. The molecular weight excluding hydrogens is 246 g/mol. The van der Waals surface area contributed by atoms with Gasteiger partial charge in [-0.05, 0) is 12.1 Å². The molecule has 17 heavy (non-hydrogen) atoms. The van der Waals surface area contributed by atoms with Crippen LogP contribution in [0.2, 0.25) is 0 Å². The van der Waals surface area contributed by atoms with Crippen LogP contribution in [-0.4, -0.2) is 27.2 Å². The Bertz CT molecular complexity index is 422. The van der Waals surface area contributed by atoms with Crippen molar-refractivity contribution in [3.63, 3.8) is 0 Å². The highest BCUT2D eigenvalue weighted by Gasteiger charge is 2.24. The number of methoxy groups -OCH3 is 3. The zero-order valence-corrected chi connectivity index (χ0v) is 10.6. The molecule has 0 bridgehead atoms. The maximum atomic E-state index is 11.1. The van der Waals surface area contributed by atoms with Gasteiger partial charge in [0.25, 0.3) is 0 Å². The fourth-order valence-corrected chi connectivity index (χ4v) is 1.65. The Morgan fingerprint density at radius 2 is 1.76 bits per heavy atom. The van der Waals surface area contributed by atoms with Gasteiger partial charge in [0.15, 0.2) is 11.5 Å². The van der Waals surface area contributed by atoms with Crippen LogP contribution in [0.25, 0.3) is 0 Å². The van der Waals surface area contributed by atoms with Crippen LogP contribution in [0.4, 0.5) is 0 Å². The first-order chi connectivity index (χ1) is 8.06. The Morgan fingerprint density at radius 1 is 1.18 bits per heavy atom. The summed E-state index contributed by atoms with van der Waals surface area (Å²) in [6.07, 6.45) is 0. The number of ether oxygens (including phenoxy) is 3. The standard InChI is InChI=1S/C11H14ClNO4/c1-15-7-5-4-6(8(12)11(13)14)9(16-2)10(7)17-3/h4-5,8H,1-3H3,(H2,13,14). The first-order valence-electron chi connectivity index (χ1n) is 4.79. The smallest absolute Gasteiger partial charge is 0.240 e. The first kappa shape index (κ1) is 13.4. The summed E-state index contributed by atoms with van der Waals surface area (Å²) in [7, 11) is 4.42. The summed E-state index contributed by atoms with van der Waals surface area (Å²) in [6.45, 7) is 0. The van der Waals surface area contributed by atoms with Gasteiger partial charge >= 0.3 is 0 Å². The van der Waals surface area contributed by atoms with E-state index in [0.29, 0.717) is 22.8 Å². The molecule has 1 unspecified atom stereocenters. The SMILES string of the molecule is COc1ccc(C(Cl)C(N)=O)c(OC)c1OC. The van der Waals surface area contributed by atoms with Gasteiger partial charge in [-0.3, -0.25) is 4.79 Å². The number of hydrogen-bond donors (Lipinski definition) is 1. The molecule has 0 spiro atoms. The molecule has 2 N–H and O–H groups in total. The average molecular weight is 260 g/mol. The van der Waals surface area contributed by atoms with Crippen molar-refractivity contribution < 1.29 is 19.0 Å². The molecule has 0 radical (unpaired) electrons. The molecule has 1 rings (SSSR count). The zero-order chi connectivity index (χ0) is 13.0. The molecule has 0 fully saturated rings. The Morgan fingerprint density at radius 3 is 2.18 bits per heavy atom. The monoisotopic (exact) mass is 259 g/mol. The Hall–Kier alpha value is -1.62. The Kier molecular flexibility index (Phi) is 4.45. The van der Waals surface area contributed by atoms with E-state index in [1.54, 1.807) is 12.1 Å². The number of halogens is 1. The number of alkyl halides is 1. The summed E-state index contributed by atoms with van der Waals surface area (Å²) in [5.41, 5.74) is 5.60. The lowest BCUT2D eigenvalue weighted by atomic mass is 10.1. The van der Waals surface area contributed by atoms with Crippen molar-refractivity contribution in [2.75, 3.05) is 21.3 Å². The van der Waals surface area contributed by atoms with Crippen molar-refractivity contribution >= 4 is 17.5 Å². The highest BCUT2D eigenvalue weighted by Crippen LogP contribution is 2.43. The Labute approximate surface area is 104 Å². The molecule has 0 saturated heterocycles. The summed E-state index contributed by atoms with van der Waals surface area (Å²) in [5, 5.41) is -0.982. The van der Waals surface area contributed by atoms with E-state index in [4.69, 9.17) is 31.5 Å². The van der Waals surface area contributed by atoms with Crippen molar-refractivity contribution in [2.24, 2.45) is 5.73 Å². The molecule has 0 heterocycles. The highest BCUT2D eigenvalue weighted by atomic mass is 35.5. The molecule has 0 aliphatic heterocycles. The van der Waals surface area contributed by atoms with E-state index in [0.717, 1.165) is 0 Å². The fraction of sp³-hybridized carbons (Fsp3) is 0.364. The maximum Gasteiger partial charge on any atom is 0.240 e. The molecule has 1 atom stereocenters. The lowest BCUT2D eigenvalue weighted by Crippen LogP contribution is -2.17. The van der Waals surface area contributed by atoms with Crippen molar-refractivity contribution in [1.82, 2.24) is 0 Å². The second kappa shape index (κ2) is 5.63. The van der Waals surface area contributed by atoms with Crippen LogP contribution in [0.3, 0.4) is 0 Å². The molecule has 1 amide bonds. The molecular formula is C11H14ClNO4. The van der Waals surface area contributed by atoms with Crippen molar-refractivity contribution in [1.29, 1.82) is 0 Å². The van der Waals surface area contributed by atoms with Crippen LogP contribution in [0.15, 0.2) is 12.1 Å². The number of amides is 1. The number of carbonyl (C=O) groups excluding carboxylic acids is 1. The lowest BCUT2D eigenvalue weighted by Gasteiger charge is -2.17. The van der Waals surface area contributed by atoms with Gasteiger partial charge in [-0.1, -0.05) is 0 Å². The maximum absolute atomic E-state index is 11.1. The third kappa shape index (κ3) is 2.55.